The summed E-state index contributed by atoms with van der Waals surface area (Å²) in [4.78, 5) is 38.6. The van der Waals surface area contributed by atoms with Crippen LogP contribution in [0.1, 0.15) is 53.4 Å². The zero-order valence-electron chi connectivity index (χ0n) is 15.9. The summed E-state index contributed by atoms with van der Waals surface area (Å²) in [7, 11) is 0. The maximum Gasteiger partial charge on any atom is 0.341 e. The van der Waals surface area contributed by atoms with E-state index in [1.165, 1.54) is 11.3 Å². The first-order valence-electron chi connectivity index (χ1n) is 10.0. The van der Waals surface area contributed by atoms with Gasteiger partial charge in [-0.05, 0) is 55.9 Å². The number of rotatable bonds is 6. The number of aryl methyl sites for hydroxylation is 1. The number of fused-ring (bicyclic) bond motifs is 3. The Bertz CT molecular complexity index is 842. The van der Waals surface area contributed by atoms with Gasteiger partial charge in [0.05, 0.1) is 24.0 Å². The Morgan fingerprint density at radius 3 is 2.61 bits per heavy atom. The van der Waals surface area contributed by atoms with E-state index in [2.05, 4.69) is 5.32 Å². The van der Waals surface area contributed by atoms with Gasteiger partial charge < -0.3 is 15.2 Å². The maximum atomic E-state index is 13.1. The largest absolute Gasteiger partial charge is 0.481 e. The van der Waals surface area contributed by atoms with Gasteiger partial charge in [0.1, 0.15) is 5.00 Å². The van der Waals surface area contributed by atoms with Crippen molar-refractivity contribution in [2.75, 3.05) is 11.9 Å². The molecule has 3 aliphatic rings. The van der Waals surface area contributed by atoms with Crippen LogP contribution in [0.2, 0.25) is 0 Å². The van der Waals surface area contributed by atoms with E-state index in [0.29, 0.717) is 23.6 Å². The van der Waals surface area contributed by atoms with Gasteiger partial charge in [0.15, 0.2) is 0 Å². The molecule has 2 N–H and O–H groups in total. The highest BCUT2D eigenvalue weighted by atomic mass is 32.1. The number of allylic oxidation sites excluding steroid dienone is 2. The van der Waals surface area contributed by atoms with E-state index in [0.717, 1.165) is 42.5 Å². The van der Waals surface area contributed by atoms with Crippen molar-refractivity contribution in [3.63, 3.8) is 0 Å². The van der Waals surface area contributed by atoms with Gasteiger partial charge in [0, 0.05) is 4.88 Å². The monoisotopic (exact) mass is 403 g/mol. The average Bonchev–Trinajstić information content (AvgIpc) is 3.37. The molecule has 1 fully saturated rings. The van der Waals surface area contributed by atoms with E-state index in [1.54, 1.807) is 0 Å². The summed E-state index contributed by atoms with van der Waals surface area (Å²) in [5, 5.41) is 13.0. The SMILES string of the molecule is CCCOC(=O)c1c(NC(=O)[C@@H]2[C@@H](C(=O)O)[C@H]3C=C[C@@H]2C3)sc2c1CCCC2. The number of hydrogen-bond acceptors (Lipinski definition) is 5. The van der Waals surface area contributed by atoms with Gasteiger partial charge in [0.25, 0.3) is 0 Å². The summed E-state index contributed by atoms with van der Waals surface area (Å²) in [6.07, 6.45) is 9.13. The molecule has 3 aliphatic carbocycles. The van der Waals surface area contributed by atoms with Gasteiger partial charge in [-0.25, -0.2) is 4.79 Å². The van der Waals surface area contributed by atoms with Crippen LogP contribution in [0.25, 0.3) is 0 Å². The highest BCUT2D eigenvalue weighted by molar-refractivity contribution is 7.17. The summed E-state index contributed by atoms with van der Waals surface area (Å²) in [5.41, 5.74) is 1.47. The van der Waals surface area contributed by atoms with E-state index >= 15 is 0 Å². The smallest absolute Gasteiger partial charge is 0.341 e. The molecule has 6 nitrogen and oxygen atoms in total. The number of thiophene rings is 1. The van der Waals surface area contributed by atoms with Gasteiger partial charge >= 0.3 is 11.9 Å². The van der Waals surface area contributed by atoms with Crippen LogP contribution in [-0.2, 0) is 27.2 Å². The minimum Gasteiger partial charge on any atom is -0.481 e. The minimum absolute atomic E-state index is 0.0452. The molecule has 0 spiro atoms. The minimum atomic E-state index is -0.926. The fraction of sp³-hybridized carbons (Fsp3) is 0.571. The van der Waals surface area contributed by atoms with Crippen molar-refractivity contribution in [2.24, 2.45) is 23.7 Å². The Morgan fingerprint density at radius 2 is 1.89 bits per heavy atom. The number of carbonyl (C=O) groups is 3. The molecule has 1 heterocycles. The van der Waals surface area contributed by atoms with E-state index < -0.39 is 17.8 Å². The molecule has 1 aromatic heterocycles. The molecular formula is C21H25NO5S. The molecule has 1 saturated carbocycles. The first-order chi connectivity index (χ1) is 13.5. The van der Waals surface area contributed by atoms with Crippen LogP contribution in [0.5, 0.6) is 0 Å². The lowest BCUT2D eigenvalue weighted by atomic mass is 9.82. The third-order valence-electron chi connectivity index (χ3n) is 6.10. The van der Waals surface area contributed by atoms with Crippen LogP contribution in [0, 0.1) is 23.7 Å². The summed E-state index contributed by atoms with van der Waals surface area (Å²) in [6, 6.07) is 0. The number of esters is 1. The Labute approximate surface area is 168 Å². The van der Waals surface area contributed by atoms with Crippen molar-refractivity contribution < 1.29 is 24.2 Å². The van der Waals surface area contributed by atoms with Crippen LogP contribution in [-0.4, -0.2) is 29.6 Å². The highest BCUT2D eigenvalue weighted by Gasteiger charge is 2.51. The van der Waals surface area contributed by atoms with Crippen molar-refractivity contribution in [1.29, 1.82) is 0 Å². The van der Waals surface area contributed by atoms with Crippen LogP contribution >= 0.6 is 11.3 Å². The normalized spacial score (nSPS) is 27.5. The molecule has 0 aromatic carbocycles. The second-order valence-electron chi connectivity index (χ2n) is 7.88. The summed E-state index contributed by atoms with van der Waals surface area (Å²) < 4.78 is 5.37. The van der Waals surface area contributed by atoms with E-state index in [-0.39, 0.29) is 23.7 Å². The van der Waals surface area contributed by atoms with Gasteiger partial charge in [-0.3, -0.25) is 9.59 Å². The summed E-state index contributed by atoms with van der Waals surface area (Å²) in [6.45, 7) is 2.28. The number of nitrogens with one attached hydrogen (secondary N) is 1. The topological polar surface area (TPSA) is 92.7 Å². The lowest BCUT2D eigenvalue weighted by Gasteiger charge is -2.23. The molecule has 7 heteroatoms. The lowest BCUT2D eigenvalue weighted by molar-refractivity contribution is -0.146. The third-order valence-corrected chi connectivity index (χ3v) is 7.30. The molecule has 0 aliphatic heterocycles. The Morgan fingerprint density at radius 1 is 1.18 bits per heavy atom. The molecule has 0 saturated heterocycles. The second kappa shape index (κ2) is 7.70. The summed E-state index contributed by atoms with van der Waals surface area (Å²) in [5.74, 6) is -3.03. The van der Waals surface area contributed by atoms with Gasteiger partial charge in [-0.1, -0.05) is 19.1 Å². The number of ether oxygens (including phenoxy) is 1. The summed E-state index contributed by atoms with van der Waals surface area (Å²) >= 11 is 1.44. The van der Waals surface area contributed by atoms with Crippen molar-refractivity contribution >= 4 is 34.2 Å². The standard InChI is InChI=1S/C21H25NO5S/c1-2-9-27-21(26)17-13-5-3-4-6-14(13)28-19(17)22-18(23)15-11-7-8-12(10-11)16(15)20(24)25/h7-8,11-12,15-16H,2-6,9-10H2,1H3,(H,22,23)(H,24,25)/t11-,12+,15+,16+/m1/s1. The van der Waals surface area contributed by atoms with E-state index in [1.807, 2.05) is 19.1 Å². The number of carboxylic acids is 1. The first kappa shape index (κ1) is 19.2. The molecule has 150 valence electrons. The molecule has 0 radical (unpaired) electrons. The fourth-order valence-electron chi connectivity index (χ4n) is 4.85. The number of carboxylic acid groups (broad SMARTS) is 1. The quantitative estimate of drug-likeness (QED) is 0.559. The first-order valence-corrected chi connectivity index (χ1v) is 10.9. The third kappa shape index (κ3) is 3.26. The molecule has 2 bridgehead atoms. The Kier molecular flexibility index (Phi) is 5.27. The highest BCUT2D eigenvalue weighted by Crippen LogP contribution is 2.49. The van der Waals surface area contributed by atoms with Crippen LogP contribution in [0.4, 0.5) is 5.00 Å². The molecule has 28 heavy (non-hydrogen) atoms. The van der Waals surface area contributed by atoms with Gasteiger partial charge in [-0.15, -0.1) is 11.3 Å². The molecule has 4 rings (SSSR count). The molecular weight excluding hydrogens is 378 g/mol. The van der Waals surface area contributed by atoms with E-state index in [9.17, 15) is 19.5 Å². The Balaban J connectivity index is 1.61. The van der Waals surface area contributed by atoms with Crippen LogP contribution in [0.15, 0.2) is 12.2 Å². The molecule has 1 amide bonds. The predicted molar refractivity (Wildman–Crippen MR) is 106 cm³/mol. The van der Waals surface area contributed by atoms with E-state index in [4.69, 9.17) is 4.74 Å². The molecule has 1 aromatic rings. The second-order valence-corrected chi connectivity index (χ2v) is 8.98. The van der Waals surface area contributed by atoms with Crippen molar-refractivity contribution in [2.45, 2.75) is 45.4 Å². The number of anilines is 1. The zero-order valence-corrected chi connectivity index (χ0v) is 16.7. The number of amides is 1. The van der Waals surface area contributed by atoms with Crippen molar-refractivity contribution in [3.05, 3.63) is 28.2 Å². The number of hydrogen-bond donors (Lipinski definition) is 2. The van der Waals surface area contributed by atoms with Crippen molar-refractivity contribution in [3.8, 4) is 0 Å². The van der Waals surface area contributed by atoms with Gasteiger partial charge in [0.2, 0.25) is 5.91 Å². The van der Waals surface area contributed by atoms with Crippen molar-refractivity contribution in [1.82, 2.24) is 0 Å². The number of aliphatic carboxylic acids is 1. The predicted octanol–water partition coefficient (Wildman–Crippen LogP) is 3.66. The van der Waals surface area contributed by atoms with Gasteiger partial charge in [-0.2, -0.15) is 0 Å². The van der Waals surface area contributed by atoms with Crippen LogP contribution < -0.4 is 5.32 Å². The number of carbonyl (C=O) groups excluding carboxylic acids is 2. The lowest BCUT2D eigenvalue weighted by Crippen LogP contribution is -2.36. The Hall–Kier alpha value is -2.15. The molecule has 0 unspecified atom stereocenters. The van der Waals surface area contributed by atoms with Crippen LogP contribution in [0.3, 0.4) is 0 Å². The average molecular weight is 404 g/mol. The molecule has 4 atom stereocenters. The maximum absolute atomic E-state index is 13.1. The fourth-order valence-corrected chi connectivity index (χ4v) is 6.13. The zero-order chi connectivity index (χ0) is 19.8.